The maximum atomic E-state index is 14.5. The molecule has 0 N–H and O–H groups in total. The normalized spacial score (nSPS) is 22.7. The van der Waals surface area contributed by atoms with E-state index < -0.39 is 0 Å². The number of hydrogen-bond acceptors (Lipinski definition) is 8. The first-order valence-electron chi connectivity index (χ1n) is 18.6. The van der Waals surface area contributed by atoms with Crippen molar-refractivity contribution < 1.29 is 23.8 Å². The van der Waals surface area contributed by atoms with Gasteiger partial charge in [-0.2, -0.15) is 10.4 Å². The van der Waals surface area contributed by atoms with E-state index in [4.69, 9.17) is 19.2 Å². The zero-order valence-corrected chi connectivity index (χ0v) is 30.5. The SMILES string of the molecule is COc1ccc(C2CCC(CN(C(=O)C3CCC(OC(=O)N4CCC(OC)CC4)CC3)c3cc(-c4cnn(C(C)C)c4)ccn3)CC2)cc1C#N. The topological polar surface area (TPSA) is 123 Å². The molecule has 1 saturated heterocycles. The molecule has 3 aliphatic rings. The number of ether oxygens (including phenoxy) is 3. The summed E-state index contributed by atoms with van der Waals surface area (Å²) >= 11 is 0. The quantitative estimate of drug-likeness (QED) is 0.213. The Morgan fingerprint density at radius 2 is 1.69 bits per heavy atom. The summed E-state index contributed by atoms with van der Waals surface area (Å²) in [6.45, 7) is 6.09. The Labute approximate surface area is 301 Å². The molecule has 3 aromatic rings. The number of piperidine rings is 1. The standard InChI is InChI=1S/C40H52N6O5/c1-27(2)46-26-34(24-43-46)32-15-18-42-38(22-32)45(25-28-5-7-29(8-6-28)31-11-14-37(50-4)33(21-31)23-41)39(47)30-9-12-36(13-10-30)51-40(48)44-19-16-35(49-3)17-20-44/h11,14-15,18,21-22,24,26-30,35-36H,5-10,12-13,16-17,19-20,25H2,1-4H3. The third kappa shape index (κ3) is 8.73. The molecule has 272 valence electrons. The first-order chi connectivity index (χ1) is 24.8. The third-order valence-corrected chi connectivity index (χ3v) is 11.2. The van der Waals surface area contributed by atoms with Crippen LogP contribution < -0.4 is 9.64 Å². The maximum absolute atomic E-state index is 14.5. The predicted octanol–water partition coefficient (Wildman–Crippen LogP) is 7.52. The Balaban J connectivity index is 1.13. The summed E-state index contributed by atoms with van der Waals surface area (Å²) in [7, 11) is 3.31. The zero-order chi connectivity index (χ0) is 35.9. The molecule has 0 atom stereocenters. The molecule has 3 fully saturated rings. The van der Waals surface area contributed by atoms with E-state index in [1.54, 1.807) is 25.3 Å². The number of hydrogen-bond donors (Lipinski definition) is 0. The van der Waals surface area contributed by atoms with Gasteiger partial charge in [0, 0.05) is 56.7 Å². The van der Waals surface area contributed by atoms with Gasteiger partial charge in [0.25, 0.3) is 0 Å². The number of rotatable bonds is 10. The highest BCUT2D eigenvalue weighted by Gasteiger charge is 2.35. The average molecular weight is 697 g/mol. The van der Waals surface area contributed by atoms with Gasteiger partial charge in [-0.05, 0) is 125 Å². The van der Waals surface area contributed by atoms with Crippen molar-refractivity contribution in [3.05, 3.63) is 60.0 Å². The van der Waals surface area contributed by atoms with Crippen LogP contribution in [0, 0.1) is 23.2 Å². The lowest BCUT2D eigenvalue weighted by molar-refractivity contribution is -0.124. The van der Waals surface area contributed by atoms with Gasteiger partial charge in [0.1, 0.15) is 23.7 Å². The largest absolute Gasteiger partial charge is 0.495 e. The number of nitrogens with zero attached hydrogens (tertiary/aromatic N) is 6. The maximum Gasteiger partial charge on any atom is 0.410 e. The van der Waals surface area contributed by atoms with Crippen molar-refractivity contribution in [1.82, 2.24) is 19.7 Å². The van der Waals surface area contributed by atoms with Crippen molar-refractivity contribution in [2.75, 3.05) is 38.8 Å². The molecule has 0 unspecified atom stereocenters. The molecule has 51 heavy (non-hydrogen) atoms. The Kier molecular flexibility index (Phi) is 11.9. The van der Waals surface area contributed by atoms with E-state index in [0.717, 1.165) is 49.7 Å². The molecule has 2 aromatic heterocycles. The molecule has 1 aliphatic heterocycles. The number of aromatic nitrogens is 3. The summed E-state index contributed by atoms with van der Waals surface area (Å²) < 4.78 is 18.7. The van der Waals surface area contributed by atoms with E-state index in [1.165, 1.54) is 5.56 Å². The smallest absolute Gasteiger partial charge is 0.410 e. The second-order valence-corrected chi connectivity index (χ2v) is 14.7. The molecule has 1 aromatic carbocycles. The van der Waals surface area contributed by atoms with E-state index >= 15 is 0 Å². The van der Waals surface area contributed by atoms with Gasteiger partial charge in [0.05, 0.1) is 25.0 Å². The van der Waals surface area contributed by atoms with Gasteiger partial charge >= 0.3 is 6.09 Å². The highest BCUT2D eigenvalue weighted by Crippen LogP contribution is 2.39. The van der Waals surface area contributed by atoms with E-state index in [9.17, 15) is 14.9 Å². The number of amides is 2. The second-order valence-electron chi connectivity index (χ2n) is 14.7. The predicted molar refractivity (Wildman–Crippen MR) is 194 cm³/mol. The molecule has 11 nitrogen and oxygen atoms in total. The summed E-state index contributed by atoms with van der Waals surface area (Å²) in [4.78, 5) is 35.8. The number of nitriles is 1. The Bertz CT molecular complexity index is 1680. The van der Waals surface area contributed by atoms with E-state index in [0.29, 0.717) is 74.3 Å². The number of benzene rings is 1. The molecule has 0 radical (unpaired) electrons. The monoisotopic (exact) mass is 696 g/mol. The summed E-state index contributed by atoms with van der Waals surface area (Å²) in [5.41, 5.74) is 3.71. The van der Waals surface area contributed by atoms with E-state index in [-0.39, 0.29) is 36.2 Å². The minimum Gasteiger partial charge on any atom is -0.495 e. The Morgan fingerprint density at radius 1 is 0.941 bits per heavy atom. The molecule has 3 heterocycles. The fourth-order valence-electron chi connectivity index (χ4n) is 7.95. The van der Waals surface area contributed by atoms with Crippen LogP contribution in [0.2, 0.25) is 0 Å². The minimum atomic E-state index is -0.253. The van der Waals surface area contributed by atoms with Gasteiger partial charge in [-0.1, -0.05) is 6.07 Å². The summed E-state index contributed by atoms with van der Waals surface area (Å²) in [5, 5.41) is 14.1. The van der Waals surface area contributed by atoms with Gasteiger partial charge in [-0.15, -0.1) is 0 Å². The van der Waals surface area contributed by atoms with Crippen molar-refractivity contribution in [2.45, 2.75) is 102 Å². The van der Waals surface area contributed by atoms with Gasteiger partial charge in [0.15, 0.2) is 0 Å². The first-order valence-corrected chi connectivity index (χ1v) is 18.6. The molecule has 0 bridgehead atoms. The van der Waals surface area contributed by atoms with Crippen molar-refractivity contribution >= 4 is 17.8 Å². The molecular weight excluding hydrogens is 644 g/mol. The molecule has 2 amide bonds. The van der Waals surface area contributed by atoms with Crippen LogP contribution in [0.5, 0.6) is 5.75 Å². The van der Waals surface area contributed by atoms with Crippen LogP contribution in [-0.2, 0) is 14.3 Å². The van der Waals surface area contributed by atoms with Crippen molar-refractivity contribution in [1.29, 1.82) is 5.26 Å². The molecular formula is C40H52N6O5. The van der Waals surface area contributed by atoms with Crippen molar-refractivity contribution in [2.24, 2.45) is 11.8 Å². The van der Waals surface area contributed by atoms with Crippen molar-refractivity contribution in [3.8, 4) is 22.9 Å². The lowest BCUT2D eigenvalue weighted by atomic mass is 9.78. The summed E-state index contributed by atoms with van der Waals surface area (Å²) in [6, 6.07) is 12.4. The van der Waals surface area contributed by atoms with Crippen LogP contribution in [0.15, 0.2) is 48.9 Å². The van der Waals surface area contributed by atoms with Crippen molar-refractivity contribution in [3.63, 3.8) is 0 Å². The number of methoxy groups -OCH3 is 2. The average Bonchev–Trinajstić information content (AvgIpc) is 3.68. The van der Waals surface area contributed by atoms with Gasteiger partial charge in [-0.3, -0.25) is 14.4 Å². The molecule has 2 aliphatic carbocycles. The van der Waals surface area contributed by atoms with Crippen LogP contribution in [0.25, 0.3) is 11.1 Å². The van der Waals surface area contributed by atoms with E-state index in [2.05, 4.69) is 31.1 Å². The van der Waals surface area contributed by atoms with Gasteiger partial charge in [-0.25, -0.2) is 9.78 Å². The summed E-state index contributed by atoms with van der Waals surface area (Å²) in [6.07, 6.45) is 13.7. The van der Waals surface area contributed by atoms with E-state index in [1.807, 2.05) is 46.2 Å². The van der Waals surface area contributed by atoms with Crippen LogP contribution >= 0.6 is 0 Å². The molecule has 0 spiro atoms. The Morgan fingerprint density at radius 3 is 2.33 bits per heavy atom. The number of likely N-dealkylation sites (tertiary alicyclic amines) is 1. The fourth-order valence-corrected chi connectivity index (χ4v) is 7.95. The fraction of sp³-hybridized carbons (Fsp3) is 0.575. The van der Waals surface area contributed by atoms with Gasteiger partial charge < -0.3 is 19.1 Å². The number of carbonyl (C=O) groups is 2. The Hall–Kier alpha value is -4.43. The van der Waals surface area contributed by atoms with Crippen LogP contribution in [0.3, 0.4) is 0 Å². The van der Waals surface area contributed by atoms with Crippen LogP contribution in [-0.4, -0.2) is 77.7 Å². The zero-order valence-electron chi connectivity index (χ0n) is 30.5. The lowest BCUT2D eigenvalue weighted by Gasteiger charge is -2.36. The minimum absolute atomic E-state index is 0.0971. The molecule has 11 heteroatoms. The lowest BCUT2D eigenvalue weighted by Crippen LogP contribution is -2.44. The highest BCUT2D eigenvalue weighted by molar-refractivity contribution is 5.94. The third-order valence-electron chi connectivity index (χ3n) is 11.2. The molecule has 6 rings (SSSR count). The second kappa shape index (κ2) is 16.7. The molecule has 2 saturated carbocycles. The number of carbonyl (C=O) groups excluding carboxylic acids is 2. The first kappa shape index (κ1) is 36.4. The highest BCUT2D eigenvalue weighted by atomic mass is 16.6. The van der Waals surface area contributed by atoms with Crippen LogP contribution in [0.1, 0.15) is 101 Å². The number of anilines is 1. The summed E-state index contributed by atoms with van der Waals surface area (Å²) in [5.74, 6) is 1.90. The van der Waals surface area contributed by atoms with Gasteiger partial charge in [0.2, 0.25) is 5.91 Å². The number of pyridine rings is 1. The van der Waals surface area contributed by atoms with Crippen LogP contribution in [0.4, 0.5) is 10.6 Å².